The maximum absolute atomic E-state index is 5.98. The van der Waals surface area contributed by atoms with Crippen LogP contribution in [-0.2, 0) is 0 Å². The molecular formula is C20H27NO2. The molecule has 0 radical (unpaired) electrons. The Hall–Kier alpha value is -2.16. The lowest BCUT2D eigenvalue weighted by molar-refractivity contribution is 0.328. The standard InChI is InChI=1S/C20H27NO2/c1-5-22-18-9-7-17(8-10-18)21-12-13-23-20-14-16(4)6-11-19(20)15(2)3/h6-11,14-15,21H,5,12-13H2,1-4H3. The molecule has 0 aromatic heterocycles. The van der Waals surface area contributed by atoms with E-state index in [-0.39, 0.29) is 0 Å². The Balaban J connectivity index is 1.84. The fraction of sp³-hybridized carbons (Fsp3) is 0.400. The number of ether oxygens (including phenoxy) is 2. The van der Waals surface area contributed by atoms with Gasteiger partial charge in [0.1, 0.15) is 18.1 Å². The van der Waals surface area contributed by atoms with Crippen molar-refractivity contribution >= 4 is 5.69 Å². The van der Waals surface area contributed by atoms with E-state index in [4.69, 9.17) is 9.47 Å². The molecule has 2 aromatic rings. The Bertz CT molecular complexity index is 606. The van der Waals surface area contributed by atoms with Gasteiger partial charge in [0.2, 0.25) is 0 Å². The summed E-state index contributed by atoms with van der Waals surface area (Å²) >= 11 is 0. The van der Waals surface area contributed by atoms with Gasteiger partial charge in [-0.2, -0.15) is 0 Å². The normalized spacial score (nSPS) is 10.7. The number of benzene rings is 2. The van der Waals surface area contributed by atoms with Crippen LogP contribution in [0.2, 0.25) is 0 Å². The van der Waals surface area contributed by atoms with Crippen molar-refractivity contribution in [2.45, 2.75) is 33.6 Å². The summed E-state index contributed by atoms with van der Waals surface area (Å²) in [4.78, 5) is 0. The molecule has 23 heavy (non-hydrogen) atoms. The Morgan fingerprint density at radius 3 is 2.39 bits per heavy atom. The van der Waals surface area contributed by atoms with E-state index < -0.39 is 0 Å². The van der Waals surface area contributed by atoms with Gasteiger partial charge in [-0.05, 0) is 61.2 Å². The van der Waals surface area contributed by atoms with Crippen LogP contribution in [0.15, 0.2) is 42.5 Å². The highest BCUT2D eigenvalue weighted by Gasteiger charge is 2.07. The molecule has 0 spiro atoms. The lowest BCUT2D eigenvalue weighted by Crippen LogP contribution is -2.12. The number of hydrogen-bond donors (Lipinski definition) is 1. The fourth-order valence-corrected chi connectivity index (χ4v) is 2.44. The van der Waals surface area contributed by atoms with E-state index in [1.807, 2.05) is 31.2 Å². The van der Waals surface area contributed by atoms with E-state index in [1.54, 1.807) is 0 Å². The van der Waals surface area contributed by atoms with Crippen LogP contribution in [0.3, 0.4) is 0 Å². The van der Waals surface area contributed by atoms with E-state index in [0.717, 1.165) is 23.7 Å². The second-order valence-electron chi connectivity index (χ2n) is 5.93. The zero-order valence-electron chi connectivity index (χ0n) is 14.6. The number of hydrogen-bond acceptors (Lipinski definition) is 3. The first-order valence-electron chi connectivity index (χ1n) is 8.30. The number of rotatable bonds is 8. The molecule has 0 saturated heterocycles. The van der Waals surface area contributed by atoms with Crippen LogP contribution in [0.5, 0.6) is 11.5 Å². The number of nitrogens with one attached hydrogen (secondary N) is 1. The van der Waals surface area contributed by atoms with Gasteiger partial charge in [0, 0.05) is 12.2 Å². The summed E-state index contributed by atoms with van der Waals surface area (Å²) in [6.45, 7) is 10.5. The third-order valence-electron chi connectivity index (χ3n) is 3.65. The highest BCUT2D eigenvalue weighted by Crippen LogP contribution is 2.27. The second-order valence-corrected chi connectivity index (χ2v) is 5.93. The van der Waals surface area contributed by atoms with Gasteiger partial charge < -0.3 is 14.8 Å². The molecule has 3 heteroatoms. The van der Waals surface area contributed by atoms with Crippen molar-refractivity contribution in [3.05, 3.63) is 53.6 Å². The summed E-state index contributed by atoms with van der Waals surface area (Å²) in [6, 6.07) is 14.4. The molecule has 0 fully saturated rings. The average molecular weight is 313 g/mol. The predicted molar refractivity (Wildman–Crippen MR) is 96.9 cm³/mol. The van der Waals surface area contributed by atoms with E-state index in [1.165, 1.54) is 11.1 Å². The minimum absolute atomic E-state index is 0.463. The van der Waals surface area contributed by atoms with Gasteiger partial charge in [-0.1, -0.05) is 26.0 Å². The molecule has 0 amide bonds. The third kappa shape index (κ3) is 5.20. The molecule has 0 heterocycles. The van der Waals surface area contributed by atoms with Crippen molar-refractivity contribution in [1.29, 1.82) is 0 Å². The van der Waals surface area contributed by atoms with Crippen LogP contribution in [0, 0.1) is 6.92 Å². The van der Waals surface area contributed by atoms with Gasteiger partial charge in [-0.3, -0.25) is 0 Å². The second kappa shape index (κ2) is 8.47. The summed E-state index contributed by atoms with van der Waals surface area (Å²) in [7, 11) is 0. The van der Waals surface area contributed by atoms with Gasteiger partial charge in [0.15, 0.2) is 0 Å². The average Bonchev–Trinajstić information content (AvgIpc) is 2.53. The maximum atomic E-state index is 5.98. The lowest BCUT2D eigenvalue weighted by Gasteiger charge is -2.15. The molecule has 1 N–H and O–H groups in total. The molecular weight excluding hydrogens is 286 g/mol. The van der Waals surface area contributed by atoms with Crippen molar-refractivity contribution in [3.63, 3.8) is 0 Å². The minimum Gasteiger partial charge on any atom is -0.494 e. The highest BCUT2D eigenvalue weighted by atomic mass is 16.5. The van der Waals surface area contributed by atoms with Crippen molar-refractivity contribution in [2.75, 3.05) is 25.1 Å². The van der Waals surface area contributed by atoms with E-state index in [0.29, 0.717) is 19.1 Å². The number of anilines is 1. The smallest absolute Gasteiger partial charge is 0.123 e. The van der Waals surface area contributed by atoms with E-state index in [2.05, 4.69) is 44.3 Å². The quantitative estimate of drug-likeness (QED) is 0.695. The SMILES string of the molecule is CCOc1ccc(NCCOc2cc(C)ccc2C(C)C)cc1. The topological polar surface area (TPSA) is 30.5 Å². The summed E-state index contributed by atoms with van der Waals surface area (Å²) in [5.41, 5.74) is 3.56. The zero-order chi connectivity index (χ0) is 16.7. The fourth-order valence-electron chi connectivity index (χ4n) is 2.44. The summed E-state index contributed by atoms with van der Waals surface area (Å²) in [5, 5.41) is 3.37. The molecule has 0 saturated carbocycles. The zero-order valence-corrected chi connectivity index (χ0v) is 14.6. The predicted octanol–water partition coefficient (Wildman–Crippen LogP) is 5.01. The monoisotopic (exact) mass is 313 g/mol. The van der Waals surface area contributed by atoms with Crippen molar-refractivity contribution in [2.24, 2.45) is 0 Å². The van der Waals surface area contributed by atoms with Gasteiger partial charge in [0.05, 0.1) is 6.61 Å². The van der Waals surface area contributed by atoms with E-state index >= 15 is 0 Å². The highest BCUT2D eigenvalue weighted by molar-refractivity contribution is 5.46. The van der Waals surface area contributed by atoms with Crippen LogP contribution >= 0.6 is 0 Å². The molecule has 124 valence electrons. The largest absolute Gasteiger partial charge is 0.494 e. The third-order valence-corrected chi connectivity index (χ3v) is 3.65. The Kier molecular flexibility index (Phi) is 6.33. The van der Waals surface area contributed by atoms with Gasteiger partial charge in [-0.15, -0.1) is 0 Å². The van der Waals surface area contributed by atoms with Gasteiger partial charge in [-0.25, -0.2) is 0 Å². The van der Waals surface area contributed by atoms with Gasteiger partial charge >= 0.3 is 0 Å². The first kappa shape index (κ1) is 17.2. The molecule has 0 aliphatic rings. The molecule has 0 unspecified atom stereocenters. The molecule has 2 rings (SSSR count). The van der Waals surface area contributed by atoms with Crippen LogP contribution in [0.4, 0.5) is 5.69 Å². The van der Waals surface area contributed by atoms with Crippen LogP contribution < -0.4 is 14.8 Å². The van der Waals surface area contributed by atoms with Crippen LogP contribution in [0.1, 0.15) is 37.8 Å². The van der Waals surface area contributed by atoms with E-state index in [9.17, 15) is 0 Å². The molecule has 0 atom stereocenters. The Labute approximate surface area is 139 Å². The molecule has 2 aromatic carbocycles. The lowest BCUT2D eigenvalue weighted by atomic mass is 10.0. The Morgan fingerprint density at radius 2 is 1.74 bits per heavy atom. The van der Waals surface area contributed by atoms with Crippen LogP contribution in [-0.4, -0.2) is 19.8 Å². The molecule has 0 aliphatic heterocycles. The first-order chi connectivity index (χ1) is 11.1. The van der Waals surface area contributed by atoms with Crippen molar-refractivity contribution < 1.29 is 9.47 Å². The first-order valence-corrected chi connectivity index (χ1v) is 8.30. The molecule has 0 bridgehead atoms. The summed E-state index contributed by atoms with van der Waals surface area (Å²) < 4.78 is 11.4. The maximum Gasteiger partial charge on any atom is 0.123 e. The molecule has 3 nitrogen and oxygen atoms in total. The van der Waals surface area contributed by atoms with Crippen molar-refractivity contribution in [3.8, 4) is 11.5 Å². The Morgan fingerprint density at radius 1 is 1.00 bits per heavy atom. The summed E-state index contributed by atoms with van der Waals surface area (Å²) in [6.07, 6.45) is 0. The van der Waals surface area contributed by atoms with Gasteiger partial charge in [0.25, 0.3) is 0 Å². The van der Waals surface area contributed by atoms with Crippen molar-refractivity contribution in [1.82, 2.24) is 0 Å². The summed E-state index contributed by atoms with van der Waals surface area (Å²) in [5.74, 6) is 2.36. The van der Waals surface area contributed by atoms with Crippen LogP contribution in [0.25, 0.3) is 0 Å². The molecule has 0 aliphatic carbocycles. The number of aryl methyl sites for hydroxylation is 1. The minimum atomic E-state index is 0.463.